The first-order valence-electron chi connectivity index (χ1n) is 5.98. The van der Waals surface area contributed by atoms with Crippen molar-refractivity contribution in [1.29, 1.82) is 0 Å². The molecule has 2 aromatic rings. The van der Waals surface area contributed by atoms with Gasteiger partial charge in [-0.2, -0.15) is 0 Å². The van der Waals surface area contributed by atoms with Crippen molar-refractivity contribution in [3.63, 3.8) is 0 Å². The maximum Gasteiger partial charge on any atom is 0.0348 e. The first kappa shape index (κ1) is 12.3. The minimum absolute atomic E-state index is 0.449. The summed E-state index contributed by atoms with van der Waals surface area (Å²) in [6.07, 6.45) is 0. The molecule has 2 heteroatoms. The van der Waals surface area contributed by atoms with Crippen LogP contribution in [0.1, 0.15) is 29.5 Å². The molecule has 0 aliphatic carbocycles. The average Bonchev–Trinajstić information content (AvgIpc) is 2.81. The maximum absolute atomic E-state index is 5.71. The molecule has 1 aromatic heterocycles. The molecule has 0 saturated heterocycles. The van der Waals surface area contributed by atoms with E-state index in [1.807, 2.05) is 11.3 Å². The lowest BCUT2D eigenvalue weighted by Gasteiger charge is -2.07. The first-order chi connectivity index (χ1) is 8.13. The van der Waals surface area contributed by atoms with Gasteiger partial charge in [0.25, 0.3) is 0 Å². The molecule has 1 atom stereocenters. The van der Waals surface area contributed by atoms with Crippen molar-refractivity contribution in [2.24, 2.45) is 5.73 Å². The van der Waals surface area contributed by atoms with Crippen LogP contribution in [0, 0.1) is 13.8 Å². The second-order valence-electron chi connectivity index (χ2n) is 4.63. The van der Waals surface area contributed by atoms with Crippen LogP contribution in [0.3, 0.4) is 0 Å². The summed E-state index contributed by atoms with van der Waals surface area (Å²) >= 11 is 1.81. The summed E-state index contributed by atoms with van der Waals surface area (Å²) in [7, 11) is 0. The molecule has 0 spiro atoms. The molecule has 90 valence electrons. The Morgan fingerprint density at radius 1 is 1.29 bits per heavy atom. The third kappa shape index (κ3) is 2.43. The van der Waals surface area contributed by atoms with E-state index in [9.17, 15) is 0 Å². The molecule has 0 amide bonds. The first-order valence-corrected chi connectivity index (χ1v) is 6.86. The molecule has 0 aliphatic rings. The molecular formula is C15H19NS. The predicted octanol–water partition coefficient (Wildman–Crippen LogP) is 4.09. The van der Waals surface area contributed by atoms with Gasteiger partial charge in [-0.15, -0.1) is 11.3 Å². The van der Waals surface area contributed by atoms with Crippen LogP contribution in [0.25, 0.3) is 10.4 Å². The van der Waals surface area contributed by atoms with E-state index in [2.05, 4.69) is 50.4 Å². The largest absolute Gasteiger partial charge is 0.330 e. The molecule has 0 saturated carbocycles. The number of benzene rings is 1. The standard InChI is InChI=1S/C15H19NS/c1-10-5-4-6-14(12(10)3)15-7-13(9-17-15)11(2)8-16/h4-7,9,11H,8,16H2,1-3H3. The van der Waals surface area contributed by atoms with Gasteiger partial charge in [-0.05, 0) is 60.0 Å². The Bertz CT molecular complexity index is 513. The quantitative estimate of drug-likeness (QED) is 0.866. The third-order valence-electron chi connectivity index (χ3n) is 3.41. The van der Waals surface area contributed by atoms with Gasteiger partial charge in [-0.1, -0.05) is 25.1 Å². The fraction of sp³-hybridized carbons (Fsp3) is 0.333. The van der Waals surface area contributed by atoms with Crippen LogP contribution in [-0.4, -0.2) is 6.54 Å². The highest BCUT2D eigenvalue weighted by molar-refractivity contribution is 7.13. The molecule has 1 nitrogen and oxygen atoms in total. The van der Waals surface area contributed by atoms with Crippen LogP contribution in [0.5, 0.6) is 0 Å². The van der Waals surface area contributed by atoms with E-state index in [-0.39, 0.29) is 0 Å². The smallest absolute Gasteiger partial charge is 0.0348 e. The zero-order valence-electron chi connectivity index (χ0n) is 10.7. The Morgan fingerprint density at radius 3 is 2.76 bits per heavy atom. The molecular weight excluding hydrogens is 226 g/mol. The topological polar surface area (TPSA) is 26.0 Å². The average molecular weight is 245 g/mol. The van der Waals surface area contributed by atoms with Crippen molar-refractivity contribution < 1.29 is 0 Å². The fourth-order valence-electron chi connectivity index (χ4n) is 1.90. The van der Waals surface area contributed by atoms with Crippen molar-refractivity contribution in [2.75, 3.05) is 6.54 Å². The molecule has 0 radical (unpaired) electrons. The molecule has 2 rings (SSSR count). The molecule has 1 unspecified atom stereocenters. The Kier molecular flexibility index (Phi) is 3.65. The van der Waals surface area contributed by atoms with Gasteiger partial charge < -0.3 is 5.73 Å². The van der Waals surface area contributed by atoms with Gasteiger partial charge >= 0.3 is 0 Å². The van der Waals surface area contributed by atoms with Crippen LogP contribution in [-0.2, 0) is 0 Å². The lowest BCUT2D eigenvalue weighted by atomic mass is 10.00. The summed E-state index contributed by atoms with van der Waals surface area (Å²) in [6, 6.07) is 8.77. The Labute approximate surface area is 107 Å². The molecule has 0 aliphatic heterocycles. The predicted molar refractivity (Wildman–Crippen MR) is 76.7 cm³/mol. The summed E-state index contributed by atoms with van der Waals surface area (Å²) in [6.45, 7) is 7.24. The summed E-state index contributed by atoms with van der Waals surface area (Å²) in [4.78, 5) is 1.35. The summed E-state index contributed by atoms with van der Waals surface area (Å²) < 4.78 is 0. The number of thiophene rings is 1. The Hall–Kier alpha value is -1.12. The molecule has 17 heavy (non-hydrogen) atoms. The van der Waals surface area contributed by atoms with Crippen LogP contribution in [0.15, 0.2) is 29.6 Å². The highest BCUT2D eigenvalue weighted by Crippen LogP contribution is 2.33. The molecule has 0 bridgehead atoms. The minimum atomic E-state index is 0.449. The molecule has 0 fully saturated rings. The summed E-state index contributed by atoms with van der Waals surface area (Å²) in [5, 5.41) is 2.23. The van der Waals surface area contributed by atoms with E-state index in [4.69, 9.17) is 5.73 Å². The van der Waals surface area contributed by atoms with Crippen molar-refractivity contribution in [3.05, 3.63) is 46.3 Å². The number of hydrogen-bond donors (Lipinski definition) is 1. The van der Waals surface area contributed by atoms with Gasteiger partial charge in [0.1, 0.15) is 0 Å². The third-order valence-corrected chi connectivity index (χ3v) is 4.39. The highest BCUT2D eigenvalue weighted by Gasteiger charge is 2.10. The van der Waals surface area contributed by atoms with E-state index in [1.54, 1.807) is 0 Å². The van der Waals surface area contributed by atoms with Gasteiger partial charge in [-0.25, -0.2) is 0 Å². The zero-order valence-corrected chi connectivity index (χ0v) is 11.5. The minimum Gasteiger partial charge on any atom is -0.330 e. The van der Waals surface area contributed by atoms with Gasteiger partial charge in [0.2, 0.25) is 0 Å². The van der Waals surface area contributed by atoms with Crippen molar-refractivity contribution in [2.45, 2.75) is 26.7 Å². The SMILES string of the molecule is Cc1cccc(-c2cc(C(C)CN)cs2)c1C. The number of nitrogens with two attached hydrogens (primary N) is 1. The van der Waals surface area contributed by atoms with E-state index in [1.165, 1.54) is 27.1 Å². The Morgan fingerprint density at radius 2 is 2.06 bits per heavy atom. The maximum atomic E-state index is 5.71. The van der Waals surface area contributed by atoms with Gasteiger partial charge in [0, 0.05) is 4.88 Å². The van der Waals surface area contributed by atoms with Crippen LogP contribution in [0.2, 0.25) is 0 Å². The van der Waals surface area contributed by atoms with E-state index < -0.39 is 0 Å². The van der Waals surface area contributed by atoms with Crippen molar-refractivity contribution >= 4 is 11.3 Å². The van der Waals surface area contributed by atoms with Crippen LogP contribution >= 0.6 is 11.3 Å². The summed E-state index contributed by atoms with van der Waals surface area (Å²) in [5.41, 5.74) is 11.1. The number of aryl methyl sites for hydroxylation is 1. The van der Waals surface area contributed by atoms with Gasteiger partial charge in [0.05, 0.1) is 0 Å². The van der Waals surface area contributed by atoms with Crippen LogP contribution in [0.4, 0.5) is 0 Å². The second kappa shape index (κ2) is 5.03. The van der Waals surface area contributed by atoms with Gasteiger partial charge in [-0.3, -0.25) is 0 Å². The summed E-state index contributed by atoms with van der Waals surface area (Å²) in [5.74, 6) is 0.449. The molecule has 2 N–H and O–H groups in total. The number of rotatable bonds is 3. The molecule has 1 heterocycles. The normalized spacial score (nSPS) is 12.7. The Balaban J connectivity index is 2.40. The monoisotopic (exact) mass is 245 g/mol. The second-order valence-corrected chi connectivity index (χ2v) is 5.54. The van der Waals surface area contributed by atoms with E-state index >= 15 is 0 Å². The van der Waals surface area contributed by atoms with Gasteiger partial charge in [0.15, 0.2) is 0 Å². The van der Waals surface area contributed by atoms with Crippen LogP contribution < -0.4 is 5.73 Å². The highest BCUT2D eigenvalue weighted by atomic mass is 32.1. The van der Waals surface area contributed by atoms with E-state index in [0.717, 1.165) is 0 Å². The number of hydrogen-bond acceptors (Lipinski definition) is 2. The molecule has 1 aromatic carbocycles. The fourth-order valence-corrected chi connectivity index (χ4v) is 3.02. The van der Waals surface area contributed by atoms with E-state index in [0.29, 0.717) is 12.5 Å². The van der Waals surface area contributed by atoms with Crippen molar-refractivity contribution in [3.8, 4) is 10.4 Å². The lowest BCUT2D eigenvalue weighted by molar-refractivity contribution is 0.778. The van der Waals surface area contributed by atoms with Crippen molar-refractivity contribution in [1.82, 2.24) is 0 Å². The zero-order chi connectivity index (χ0) is 12.4. The lowest BCUT2D eigenvalue weighted by Crippen LogP contribution is -2.07.